The molecule has 0 radical (unpaired) electrons. The number of benzene rings is 2. The van der Waals surface area contributed by atoms with Gasteiger partial charge in [-0.05, 0) is 47.6 Å². The number of esters is 2. The second-order valence-corrected chi connectivity index (χ2v) is 6.52. The molecule has 0 aromatic heterocycles. The van der Waals surface area contributed by atoms with Crippen LogP contribution in [-0.2, 0) is 30.9 Å². The monoisotopic (exact) mass is 326 g/mol. The highest BCUT2D eigenvalue weighted by molar-refractivity contribution is 5.92. The Morgan fingerprint density at radius 3 is 2.58 bits per heavy atom. The lowest BCUT2D eigenvalue weighted by Gasteiger charge is -2.40. The van der Waals surface area contributed by atoms with E-state index < -0.39 is 5.41 Å². The SMILES string of the molecule is COC(=O)C[C@H]1CCc2c(ccc3ccccc23)[C@@]1(C)C(=O)OC. The average Bonchev–Trinajstić information content (AvgIpc) is 2.62. The molecule has 4 nitrogen and oxygen atoms in total. The largest absolute Gasteiger partial charge is 0.469 e. The van der Waals surface area contributed by atoms with Gasteiger partial charge in [0.1, 0.15) is 0 Å². The molecule has 2 aromatic rings. The quantitative estimate of drug-likeness (QED) is 0.811. The summed E-state index contributed by atoms with van der Waals surface area (Å²) >= 11 is 0. The van der Waals surface area contributed by atoms with Gasteiger partial charge in [-0.25, -0.2) is 0 Å². The van der Waals surface area contributed by atoms with Crippen LogP contribution in [0.2, 0.25) is 0 Å². The van der Waals surface area contributed by atoms with E-state index in [4.69, 9.17) is 9.47 Å². The van der Waals surface area contributed by atoms with Crippen LogP contribution in [0.4, 0.5) is 0 Å². The number of ether oxygens (including phenoxy) is 2. The Bertz CT molecular complexity index is 795. The van der Waals surface area contributed by atoms with Crippen LogP contribution in [0, 0.1) is 5.92 Å². The van der Waals surface area contributed by atoms with Crippen molar-refractivity contribution in [2.45, 2.75) is 31.6 Å². The van der Waals surface area contributed by atoms with E-state index in [0.29, 0.717) is 0 Å². The van der Waals surface area contributed by atoms with Gasteiger partial charge in [0.05, 0.1) is 19.6 Å². The molecule has 0 N–H and O–H groups in total. The van der Waals surface area contributed by atoms with Crippen molar-refractivity contribution in [1.29, 1.82) is 0 Å². The lowest BCUT2D eigenvalue weighted by atomic mass is 9.62. The number of methoxy groups -OCH3 is 2. The highest BCUT2D eigenvalue weighted by atomic mass is 16.5. The fourth-order valence-corrected chi connectivity index (χ4v) is 4.00. The highest BCUT2D eigenvalue weighted by Crippen LogP contribution is 2.46. The van der Waals surface area contributed by atoms with Crippen molar-refractivity contribution in [2.24, 2.45) is 5.92 Å². The molecule has 0 spiro atoms. The molecule has 1 aliphatic carbocycles. The van der Waals surface area contributed by atoms with Gasteiger partial charge in [-0.2, -0.15) is 0 Å². The first kappa shape index (κ1) is 16.5. The molecule has 0 aliphatic heterocycles. The highest BCUT2D eigenvalue weighted by Gasteiger charge is 2.48. The summed E-state index contributed by atoms with van der Waals surface area (Å²) in [6, 6.07) is 12.2. The van der Waals surface area contributed by atoms with E-state index in [-0.39, 0.29) is 24.3 Å². The van der Waals surface area contributed by atoms with Gasteiger partial charge in [0.2, 0.25) is 0 Å². The van der Waals surface area contributed by atoms with Crippen molar-refractivity contribution in [2.75, 3.05) is 14.2 Å². The Kier molecular flexibility index (Phi) is 4.31. The van der Waals surface area contributed by atoms with Crippen LogP contribution in [0.25, 0.3) is 10.8 Å². The summed E-state index contributed by atoms with van der Waals surface area (Å²) in [4.78, 5) is 24.5. The molecule has 126 valence electrons. The van der Waals surface area contributed by atoms with Crippen molar-refractivity contribution in [3.8, 4) is 0 Å². The molecule has 0 unspecified atom stereocenters. The molecular weight excluding hydrogens is 304 g/mol. The average molecular weight is 326 g/mol. The van der Waals surface area contributed by atoms with Crippen LogP contribution < -0.4 is 0 Å². The minimum atomic E-state index is -0.847. The van der Waals surface area contributed by atoms with Gasteiger partial charge in [-0.3, -0.25) is 9.59 Å². The minimum Gasteiger partial charge on any atom is -0.469 e. The van der Waals surface area contributed by atoms with Crippen molar-refractivity contribution in [3.63, 3.8) is 0 Å². The first-order valence-electron chi connectivity index (χ1n) is 8.18. The fourth-order valence-electron chi connectivity index (χ4n) is 4.00. The maximum Gasteiger partial charge on any atom is 0.316 e. The number of fused-ring (bicyclic) bond motifs is 3. The fraction of sp³-hybridized carbons (Fsp3) is 0.400. The maximum absolute atomic E-state index is 12.7. The Morgan fingerprint density at radius 1 is 1.12 bits per heavy atom. The first-order valence-corrected chi connectivity index (χ1v) is 8.18. The van der Waals surface area contributed by atoms with Gasteiger partial charge in [0.25, 0.3) is 0 Å². The van der Waals surface area contributed by atoms with Gasteiger partial charge >= 0.3 is 11.9 Å². The van der Waals surface area contributed by atoms with E-state index in [1.807, 2.05) is 31.2 Å². The summed E-state index contributed by atoms with van der Waals surface area (Å²) in [7, 11) is 2.78. The summed E-state index contributed by atoms with van der Waals surface area (Å²) in [6.07, 6.45) is 1.81. The Morgan fingerprint density at radius 2 is 1.88 bits per heavy atom. The summed E-state index contributed by atoms with van der Waals surface area (Å²) in [6.45, 7) is 1.89. The second kappa shape index (κ2) is 6.27. The Balaban J connectivity index is 2.17. The molecule has 0 saturated carbocycles. The molecule has 2 aromatic carbocycles. The van der Waals surface area contributed by atoms with Gasteiger partial charge in [0.15, 0.2) is 0 Å². The lowest BCUT2D eigenvalue weighted by molar-refractivity contribution is -0.151. The Labute approximate surface area is 141 Å². The number of hydrogen-bond acceptors (Lipinski definition) is 4. The predicted octanol–water partition coefficient (Wildman–Crippen LogP) is 3.40. The second-order valence-electron chi connectivity index (χ2n) is 6.52. The topological polar surface area (TPSA) is 52.6 Å². The standard InChI is InChI=1S/C20H22O4/c1-20(19(22)24-3)14(12-18(21)23-2)9-10-16-15-7-5-4-6-13(15)8-11-17(16)20/h4-8,11,14H,9-10,12H2,1-3H3/t14-,20+/m1/s1. The summed E-state index contributed by atoms with van der Waals surface area (Å²) < 4.78 is 9.94. The summed E-state index contributed by atoms with van der Waals surface area (Å²) in [5, 5.41) is 2.33. The molecule has 2 atom stereocenters. The number of hydrogen-bond donors (Lipinski definition) is 0. The maximum atomic E-state index is 12.7. The lowest BCUT2D eigenvalue weighted by Crippen LogP contribution is -2.45. The minimum absolute atomic E-state index is 0.133. The van der Waals surface area contributed by atoms with Crippen molar-refractivity contribution >= 4 is 22.7 Å². The number of carbonyl (C=O) groups is 2. The van der Waals surface area contributed by atoms with E-state index in [1.54, 1.807) is 0 Å². The van der Waals surface area contributed by atoms with Gasteiger partial charge < -0.3 is 9.47 Å². The zero-order chi connectivity index (χ0) is 17.3. The molecule has 4 heteroatoms. The molecule has 24 heavy (non-hydrogen) atoms. The van der Waals surface area contributed by atoms with E-state index in [2.05, 4.69) is 12.1 Å². The zero-order valence-electron chi connectivity index (χ0n) is 14.3. The zero-order valence-corrected chi connectivity index (χ0v) is 14.3. The summed E-state index contributed by atoms with van der Waals surface area (Å²) in [5.41, 5.74) is 1.30. The van der Waals surface area contributed by atoms with Crippen LogP contribution in [-0.4, -0.2) is 26.2 Å². The van der Waals surface area contributed by atoms with E-state index in [1.165, 1.54) is 25.2 Å². The van der Waals surface area contributed by atoms with Crippen LogP contribution in [0.3, 0.4) is 0 Å². The van der Waals surface area contributed by atoms with Crippen molar-refractivity contribution in [1.82, 2.24) is 0 Å². The van der Waals surface area contributed by atoms with Crippen molar-refractivity contribution in [3.05, 3.63) is 47.5 Å². The number of aryl methyl sites for hydroxylation is 1. The third kappa shape index (κ3) is 2.46. The van der Waals surface area contributed by atoms with Crippen LogP contribution in [0.15, 0.2) is 36.4 Å². The molecule has 0 bridgehead atoms. The molecule has 0 heterocycles. The van der Waals surface area contributed by atoms with E-state index >= 15 is 0 Å². The van der Waals surface area contributed by atoms with Crippen molar-refractivity contribution < 1.29 is 19.1 Å². The van der Waals surface area contributed by atoms with Gasteiger partial charge in [-0.1, -0.05) is 36.4 Å². The van der Waals surface area contributed by atoms with Crippen LogP contribution in [0.1, 0.15) is 30.9 Å². The molecule has 0 amide bonds. The molecule has 3 rings (SSSR count). The number of rotatable bonds is 3. The van der Waals surface area contributed by atoms with E-state index in [9.17, 15) is 9.59 Å². The van der Waals surface area contributed by atoms with Crippen LogP contribution >= 0.6 is 0 Å². The molecule has 1 aliphatic rings. The van der Waals surface area contributed by atoms with Crippen LogP contribution in [0.5, 0.6) is 0 Å². The third-order valence-corrected chi connectivity index (χ3v) is 5.41. The Hall–Kier alpha value is -2.36. The third-order valence-electron chi connectivity index (χ3n) is 5.41. The molecule has 0 fully saturated rings. The smallest absolute Gasteiger partial charge is 0.316 e. The number of carbonyl (C=O) groups excluding carboxylic acids is 2. The van der Waals surface area contributed by atoms with E-state index in [0.717, 1.165) is 23.8 Å². The predicted molar refractivity (Wildman–Crippen MR) is 91.8 cm³/mol. The first-order chi connectivity index (χ1) is 11.5. The van der Waals surface area contributed by atoms with Gasteiger partial charge in [0, 0.05) is 6.42 Å². The van der Waals surface area contributed by atoms with Gasteiger partial charge in [-0.15, -0.1) is 0 Å². The normalized spacial score (nSPS) is 22.7. The molecular formula is C20H22O4. The molecule has 0 saturated heterocycles. The summed E-state index contributed by atoms with van der Waals surface area (Å²) in [5.74, 6) is -0.724.